The van der Waals surface area contributed by atoms with Gasteiger partial charge >= 0.3 is 0 Å². The van der Waals surface area contributed by atoms with E-state index in [0.29, 0.717) is 18.1 Å². The molecule has 1 aromatic carbocycles. The van der Waals surface area contributed by atoms with Gasteiger partial charge in [-0.3, -0.25) is 15.1 Å². The number of aliphatic imine (C=N–C) groups is 1. The van der Waals surface area contributed by atoms with Gasteiger partial charge in [-0.05, 0) is 30.7 Å². The SMILES string of the molecule is CCN=C1NC(=O)/C(=C/c2ccc(C(F)F)c(O)c2)N1. The summed E-state index contributed by atoms with van der Waals surface area (Å²) in [4.78, 5) is 15.6. The summed E-state index contributed by atoms with van der Waals surface area (Å²) in [5.41, 5.74) is 0.230. The quantitative estimate of drug-likeness (QED) is 0.739. The Labute approximate surface area is 114 Å². The predicted molar refractivity (Wildman–Crippen MR) is 70.3 cm³/mol. The molecule has 20 heavy (non-hydrogen) atoms. The molecule has 0 aromatic heterocycles. The van der Waals surface area contributed by atoms with Gasteiger partial charge in [-0.1, -0.05) is 6.07 Å². The number of nitrogens with one attached hydrogen (secondary N) is 2. The van der Waals surface area contributed by atoms with E-state index in [-0.39, 0.29) is 11.6 Å². The number of hydrogen-bond acceptors (Lipinski definition) is 3. The molecule has 0 unspecified atom stereocenters. The summed E-state index contributed by atoms with van der Waals surface area (Å²) in [6, 6.07) is 3.71. The zero-order valence-corrected chi connectivity index (χ0v) is 10.7. The molecule has 0 atom stereocenters. The smallest absolute Gasteiger partial charge is 0.274 e. The summed E-state index contributed by atoms with van der Waals surface area (Å²) >= 11 is 0. The Morgan fingerprint density at radius 2 is 2.15 bits per heavy atom. The van der Waals surface area contributed by atoms with Crippen molar-refractivity contribution in [2.24, 2.45) is 4.99 Å². The minimum Gasteiger partial charge on any atom is -0.507 e. The Morgan fingerprint density at radius 3 is 2.75 bits per heavy atom. The molecule has 5 nitrogen and oxygen atoms in total. The van der Waals surface area contributed by atoms with E-state index in [2.05, 4.69) is 15.6 Å². The van der Waals surface area contributed by atoms with Gasteiger partial charge in [0.2, 0.25) is 5.96 Å². The van der Waals surface area contributed by atoms with Gasteiger partial charge in [-0.2, -0.15) is 0 Å². The summed E-state index contributed by atoms with van der Waals surface area (Å²) in [7, 11) is 0. The standard InChI is InChI=1S/C13H13F2N3O2/c1-2-16-13-17-9(12(20)18-13)5-7-3-4-8(11(14)15)10(19)6-7/h3-6,11,19H,2H2,1H3,(H2,16,17,18,20)/b9-5-. The number of amides is 1. The lowest BCUT2D eigenvalue weighted by Crippen LogP contribution is -2.25. The van der Waals surface area contributed by atoms with Crippen molar-refractivity contribution < 1.29 is 18.7 Å². The Bertz CT molecular complexity index is 597. The molecule has 3 N–H and O–H groups in total. The zero-order chi connectivity index (χ0) is 14.7. The lowest BCUT2D eigenvalue weighted by molar-refractivity contribution is -0.115. The number of carbonyl (C=O) groups excluding carboxylic acids is 1. The first kappa shape index (κ1) is 14.0. The van der Waals surface area contributed by atoms with Crippen LogP contribution < -0.4 is 10.6 Å². The zero-order valence-electron chi connectivity index (χ0n) is 10.7. The van der Waals surface area contributed by atoms with E-state index in [0.717, 1.165) is 6.07 Å². The number of phenols is 1. The maximum absolute atomic E-state index is 12.5. The number of aromatic hydroxyl groups is 1. The van der Waals surface area contributed by atoms with Gasteiger partial charge in [-0.25, -0.2) is 8.78 Å². The summed E-state index contributed by atoms with van der Waals surface area (Å²) in [5.74, 6) is -0.526. The highest BCUT2D eigenvalue weighted by atomic mass is 19.3. The van der Waals surface area contributed by atoms with Crippen molar-refractivity contribution in [1.82, 2.24) is 10.6 Å². The highest BCUT2D eigenvalue weighted by molar-refractivity contribution is 6.15. The molecule has 1 heterocycles. The van der Waals surface area contributed by atoms with Gasteiger partial charge < -0.3 is 10.4 Å². The number of alkyl halides is 2. The first-order valence-electron chi connectivity index (χ1n) is 5.97. The van der Waals surface area contributed by atoms with Gasteiger partial charge in [0.1, 0.15) is 11.4 Å². The predicted octanol–water partition coefficient (Wildman–Crippen LogP) is 1.77. The van der Waals surface area contributed by atoms with Crippen LogP contribution in [0.1, 0.15) is 24.5 Å². The third kappa shape index (κ3) is 2.93. The maximum Gasteiger partial charge on any atom is 0.274 e. The fourth-order valence-electron chi connectivity index (χ4n) is 1.73. The molecular weight excluding hydrogens is 268 g/mol. The van der Waals surface area contributed by atoms with Crippen molar-refractivity contribution in [3.05, 3.63) is 35.0 Å². The van der Waals surface area contributed by atoms with E-state index >= 15 is 0 Å². The fourth-order valence-corrected chi connectivity index (χ4v) is 1.73. The molecule has 0 bridgehead atoms. The van der Waals surface area contributed by atoms with Crippen LogP contribution in [0.2, 0.25) is 0 Å². The summed E-state index contributed by atoms with van der Waals surface area (Å²) in [5, 5.41) is 14.8. The van der Waals surface area contributed by atoms with Gasteiger partial charge in [0, 0.05) is 6.54 Å². The minimum absolute atomic E-state index is 0.237. The monoisotopic (exact) mass is 281 g/mol. The second-order valence-electron chi connectivity index (χ2n) is 4.08. The van der Waals surface area contributed by atoms with Crippen LogP contribution >= 0.6 is 0 Å². The Morgan fingerprint density at radius 1 is 1.40 bits per heavy atom. The minimum atomic E-state index is -2.74. The highest BCUT2D eigenvalue weighted by Gasteiger charge is 2.21. The molecule has 1 aliphatic rings. The molecule has 1 amide bonds. The third-order valence-corrected chi connectivity index (χ3v) is 2.65. The third-order valence-electron chi connectivity index (χ3n) is 2.65. The largest absolute Gasteiger partial charge is 0.507 e. The maximum atomic E-state index is 12.5. The number of rotatable bonds is 3. The van der Waals surface area contributed by atoms with Crippen molar-refractivity contribution in [2.45, 2.75) is 13.3 Å². The molecule has 0 saturated carbocycles. The lowest BCUT2D eigenvalue weighted by Gasteiger charge is -2.04. The number of phenolic OH excluding ortho intramolecular Hbond substituents is 1. The van der Waals surface area contributed by atoms with E-state index in [9.17, 15) is 18.7 Å². The lowest BCUT2D eigenvalue weighted by atomic mass is 10.1. The topological polar surface area (TPSA) is 73.7 Å². The number of halogens is 2. The normalized spacial score (nSPS) is 18.7. The molecule has 1 fully saturated rings. The van der Waals surface area contributed by atoms with E-state index in [1.807, 2.05) is 6.92 Å². The Hall–Kier alpha value is -2.44. The van der Waals surface area contributed by atoms with Crippen LogP contribution in [0.25, 0.3) is 6.08 Å². The molecule has 7 heteroatoms. The van der Waals surface area contributed by atoms with E-state index < -0.39 is 17.7 Å². The van der Waals surface area contributed by atoms with E-state index in [4.69, 9.17) is 0 Å². The first-order valence-corrected chi connectivity index (χ1v) is 5.97. The van der Waals surface area contributed by atoms with Crippen LogP contribution in [0.15, 0.2) is 28.9 Å². The van der Waals surface area contributed by atoms with Crippen LogP contribution in [0.4, 0.5) is 8.78 Å². The summed E-state index contributed by atoms with van der Waals surface area (Å²) < 4.78 is 25.0. The summed E-state index contributed by atoms with van der Waals surface area (Å²) in [6.07, 6.45) is -1.30. The van der Waals surface area contributed by atoms with Gasteiger partial charge in [0.15, 0.2) is 0 Å². The molecule has 0 aliphatic carbocycles. The molecule has 0 radical (unpaired) electrons. The van der Waals surface area contributed by atoms with Crippen LogP contribution in [-0.4, -0.2) is 23.5 Å². The van der Waals surface area contributed by atoms with Crippen LogP contribution in [-0.2, 0) is 4.79 Å². The fraction of sp³-hybridized carbons (Fsp3) is 0.231. The van der Waals surface area contributed by atoms with Crippen LogP contribution in [0.3, 0.4) is 0 Å². The van der Waals surface area contributed by atoms with E-state index in [1.54, 1.807) is 0 Å². The molecular formula is C13H13F2N3O2. The molecule has 1 aliphatic heterocycles. The molecule has 106 valence electrons. The van der Waals surface area contributed by atoms with Gasteiger partial charge in [-0.15, -0.1) is 0 Å². The van der Waals surface area contributed by atoms with E-state index in [1.165, 1.54) is 18.2 Å². The molecule has 2 rings (SSSR count). The second kappa shape index (κ2) is 5.68. The summed E-state index contributed by atoms with van der Waals surface area (Å²) in [6.45, 7) is 2.34. The highest BCUT2D eigenvalue weighted by Crippen LogP contribution is 2.29. The number of nitrogens with zero attached hydrogens (tertiary/aromatic N) is 1. The van der Waals surface area contributed by atoms with Crippen molar-refractivity contribution in [1.29, 1.82) is 0 Å². The molecule has 0 spiro atoms. The Balaban J connectivity index is 2.25. The van der Waals surface area contributed by atoms with Gasteiger partial charge in [0.05, 0.1) is 5.56 Å². The average Bonchev–Trinajstić information content (AvgIpc) is 2.70. The Kier molecular flexibility index (Phi) is 3.97. The number of guanidine groups is 1. The van der Waals surface area contributed by atoms with Gasteiger partial charge in [0.25, 0.3) is 12.3 Å². The van der Waals surface area contributed by atoms with Crippen molar-refractivity contribution in [3.63, 3.8) is 0 Å². The molecule has 1 saturated heterocycles. The van der Waals surface area contributed by atoms with Crippen LogP contribution in [0.5, 0.6) is 5.75 Å². The van der Waals surface area contributed by atoms with Crippen molar-refractivity contribution in [3.8, 4) is 5.75 Å². The van der Waals surface area contributed by atoms with Crippen LogP contribution in [0, 0.1) is 0 Å². The number of benzene rings is 1. The second-order valence-corrected chi connectivity index (χ2v) is 4.08. The average molecular weight is 281 g/mol. The number of carbonyl (C=O) groups is 1. The van der Waals surface area contributed by atoms with Crippen molar-refractivity contribution in [2.75, 3.05) is 6.54 Å². The molecule has 1 aromatic rings. The van der Waals surface area contributed by atoms with Crippen molar-refractivity contribution >= 4 is 17.9 Å². The first-order chi connectivity index (χ1) is 9.51. The number of hydrogen-bond donors (Lipinski definition) is 3.